The van der Waals surface area contributed by atoms with E-state index in [0.29, 0.717) is 21.8 Å². The van der Waals surface area contributed by atoms with Gasteiger partial charge in [0.2, 0.25) is 0 Å². The van der Waals surface area contributed by atoms with Crippen LogP contribution in [0.2, 0.25) is 5.02 Å². The number of nitrogens with zero attached hydrogens (tertiary/aromatic N) is 1. The highest BCUT2D eigenvalue weighted by atomic mass is 35.5. The van der Waals surface area contributed by atoms with Gasteiger partial charge in [0, 0.05) is 22.3 Å². The lowest BCUT2D eigenvalue weighted by Gasteiger charge is -2.12. The summed E-state index contributed by atoms with van der Waals surface area (Å²) in [6, 6.07) is 10.7. The van der Waals surface area contributed by atoms with Gasteiger partial charge in [-0.3, -0.25) is 4.98 Å². The Morgan fingerprint density at radius 1 is 1.25 bits per heavy atom. The summed E-state index contributed by atoms with van der Waals surface area (Å²) in [5.74, 6) is 0.117. The molecule has 0 radical (unpaired) electrons. The standard InChI is InChI=1S/C19H16ClNO3/c1-3-12-7-8-14(20)13(10-12)16-17(22)11(2)18(24-19(16)23)15-6-4-5-9-21-15/h4-10,22H,3H2,1-2H3. The lowest BCUT2D eigenvalue weighted by atomic mass is 10.00. The second kappa shape index (κ2) is 6.49. The number of aromatic hydroxyl groups is 1. The first-order valence-electron chi connectivity index (χ1n) is 7.59. The van der Waals surface area contributed by atoms with Gasteiger partial charge in [-0.25, -0.2) is 4.79 Å². The van der Waals surface area contributed by atoms with Gasteiger partial charge in [-0.15, -0.1) is 0 Å². The van der Waals surface area contributed by atoms with Gasteiger partial charge in [0.15, 0.2) is 5.76 Å². The van der Waals surface area contributed by atoms with E-state index in [1.807, 2.05) is 13.0 Å². The van der Waals surface area contributed by atoms with Crippen LogP contribution in [0.3, 0.4) is 0 Å². The maximum Gasteiger partial charge on any atom is 0.348 e. The maximum absolute atomic E-state index is 12.5. The second-order valence-electron chi connectivity index (χ2n) is 5.45. The lowest BCUT2D eigenvalue weighted by Crippen LogP contribution is -2.07. The van der Waals surface area contributed by atoms with Crippen LogP contribution in [0.5, 0.6) is 5.75 Å². The number of benzene rings is 1. The van der Waals surface area contributed by atoms with Crippen molar-refractivity contribution in [3.8, 4) is 28.3 Å². The molecule has 0 unspecified atom stereocenters. The summed E-state index contributed by atoms with van der Waals surface area (Å²) in [5, 5.41) is 11.0. The third-order valence-electron chi connectivity index (χ3n) is 3.94. The van der Waals surface area contributed by atoms with Crippen molar-refractivity contribution in [2.75, 3.05) is 0 Å². The Hall–Kier alpha value is -2.59. The van der Waals surface area contributed by atoms with Crippen LogP contribution in [0.15, 0.2) is 51.8 Å². The zero-order chi connectivity index (χ0) is 17.3. The van der Waals surface area contributed by atoms with Gasteiger partial charge >= 0.3 is 5.63 Å². The molecule has 2 aromatic heterocycles. The minimum atomic E-state index is -0.645. The van der Waals surface area contributed by atoms with Crippen LogP contribution in [-0.2, 0) is 6.42 Å². The average Bonchev–Trinajstić information content (AvgIpc) is 2.60. The second-order valence-corrected chi connectivity index (χ2v) is 5.86. The van der Waals surface area contributed by atoms with E-state index >= 15 is 0 Å². The van der Waals surface area contributed by atoms with Crippen LogP contribution < -0.4 is 5.63 Å². The summed E-state index contributed by atoms with van der Waals surface area (Å²) < 4.78 is 5.45. The predicted octanol–water partition coefficient (Wildman–Crippen LogP) is 4.60. The molecule has 24 heavy (non-hydrogen) atoms. The van der Waals surface area contributed by atoms with E-state index in [2.05, 4.69) is 4.98 Å². The number of pyridine rings is 1. The highest BCUT2D eigenvalue weighted by molar-refractivity contribution is 6.33. The average molecular weight is 342 g/mol. The van der Waals surface area contributed by atoms with Gasteiger partial charge in [-0.05, 0) is 43.2 Å². The molecular formula is C19H16ClNO3. The molecule has 1 N–H and O–H groups in total. The predicted molar refractivity (Wildman–Crippen MR) is 94.4 cm³/mol. The molecular weight excluding hydrogens is 326 g/mol. The Kier molecular flexibility index (Phi) is 4.40. The van der Waals surface area contributed by atoms with E-state index in [1.165, 1.54) is 0 Å². The fourth-order valence-corrected chi connectivity index (χ4v) is 2.79. The van der Waals surface area contributed by atoms with Crippen LogP contribution >= 0.6 is 11.6 Å². The molecule has 0 atom stereocenters. The summed E-state index contributed by atoms with van der Waals surface area (Å²) in [6.07, 6.45) is 2.39. The molecule has 0 saturated heterocycles. The Labute approximate surface area is 144 Å². The van der Waals surface area contributed by atoms with E-state index in [-0.39, 0.29) is 17.1 Å². The number of halogens is 1. The summed E-state index contributed by atoms with van der Waals surface area (Å²) >= 11 is 6.24. The first-order chi connectivity index (χ1) is 11.5. The van der Waals surface area contributed by atoms with Crippen molar-refractivity contribution in [3.05, 3.63) is 69.2 Å². The Morgan fingerprint density at radius 3 is 2.71 bits per heavy atom. The normalized spacial score (nSPS) is 10.8. The first-order valence-corrected chi connectivity index (χ1v) is 7.97. The Balaban J connectivity index is 2.26. The smallest absolute Gasteiger partial charge is 0.348 e. The van der Waals surface area contributed by atoms with Crippen LogP contribution in [-0.4, -0.2) is 10.1 Å². The molecule has 0 aliphatic carbocycles. The number of hydrogen-bond acceptors (Lipinski definition) is 4. The first kappa shape index (κ1) is 16.3. The van der Waals surface area contributed by atoms with Gasteiger partial charge < -0.3 is 9.52 Å². The monoisotopic (exact) mass is 341 g/mol. The molecule has 0 aliphatic rings. The molecule has 0 aliphatic heterocycles. The molecule has 0 spiro atoms. The molecule has 0 bridgehead atoms. The summed E-state index contributed by atoms with van der Waals surface area (Å²) in [7, 11) is 0. The van der Waals surface area contributed by atoms with Crippen molar-refractivity contribution in [2.24, 2.45) is 0 Å². The molecule has 122 valence electrons. The number of hydrogen-bond donors (Lipinski definition) is 1. The number of aromatic nitrogens is 1. The van der Waals surface area contributed by atoms with Crippen molar-refractivity contribution in [2.45, 2.75) is 20.3 Å². The molecule has 3 aromatic rings. The third kappa shape index (κ3) is 2.81. The third-order valence-corrected chi connectivity index (χ3v) is 4.27. The minimum Gasteiger partial charge on any atom is -0.507 e. The van der Waals surface area contributed by atoms with Crippen molar-refractivity contribution >= 4 is 11.6 Å². The SMILES string of the molecule is CCc1ccc(Cl)c(-c2c(O)c(C)c(-c3ccccn3)oc2=O)c1. The van der Waals surface area contributed by atoms with Crippen molar-refractivity contribution in [1.29, 1.82) is 0 Å². The molecule has 0 saturated carbocycles. The fourth-order valence-electron chi connectivity index (χ4n) is 2.57. The minimum absolute atomic E-state index is 0.0764. The van der Waals surface area contributed by atoms with Gasteiger partial charge in [-0.1, -0.05) is 30.7 Å². The maximum atomic E-state index is 12.5. The van der Waals surface area contributed by atoms with Gasteiger partial charge in [0.1, 0.15) is 17.0 Å². The van der Waals surface area contributed by atoms with Crippen LogP contribution in [0.25, 0.3) is 22.6 Å². The lowest BCUT2D eigenvalue weighted by molar-refractivity contribution is 0.450. The molecule has 0 fully saturated rings. The van der Waals surface area contributed by atoms with Crippen molar-refractivity contribution < 1.29 is 9.52 Å². The largest absolute Gasteiger partial charge is 0.507 e. The molecule has 5 heteroatoms. The highest BCUT2D eigenvalue weighted by Crippen LogP contribution is 2.37. The van der Waals surface area contributed by atoms with Crippen LogP contribution in [0.4, 0.5) is 0 Å². The summed E-state index contributed by atoms with van der Waals surface area (Å²) in [6.45, 7) is 3.69. The Bertz CT molecular complexity index is 949. The van der Waals surface area contributed by atoms with Crippen LogP contribution in [0, 0.1) is 6.92 Å². The fraction of sp³-hybridized carbons (Fsp3) is 0.158. The molecule has 4 nitrogen and oxygen atoms in total. The quantitative estimate of drug-likeness (QED) is 0.756. The van der Waals surface area contributed by atoms with Crippen molar-refractivity contribution in [1.82, 2.24) is 4.98 Å². The Morgan fingerprint density at radius 2 is 2.04 bits per heavy atom. The van der Waals surface area contributed by atoms with Gasteiger partial charge in [0.25, 0.3) is 0 Å². The number of rotatable bonds is 3. The molecule has 2 heterocycles. The van der Waals surface area contributed by atoms with Gasteiger partial charge in [0.05, 0.1) is 0 Å². The summed E-state index contributed by atoms with van der Waals surface area (Å²) in [4.78, 5) is 16.7. The van der Waals surface area contributed by atoms with E-state index in [0.717, 1.165) is 12.0 Å². The topological polar surface area (TPSA) is 63.3 Å². The van der Waals surface area contributed by atoms with E-state index in [1.54, 1.807) is 43.5 Å². The van der Waals surface area contributed by atoms with Crippen molar-refractivity contribution in [3.63, 3.8) is 0 Å². The molecule has 3 rings (SSSR count). The molecule has 1 aromatic carbocycles. The van der Waals surface area contributed by atoms with Gasteiger partial charge in [-0.2, -0.15) is 0 Å². The van der Waals surface area contributed by atoms with E-state index in [4.69, 9.17) is 16.0 Å². The zero-order valence-electron chi connectivity index (χ0n) is 13.3. The summed E-state index contributed by atoms with van der Waals surface area (Å²) in [5.41, 5.74) is 1.85. The zero-order valence-corrected chi connectivity index (χ0v) is 14.1. The van der Waals surface area contributed by atoms with E-state index in [9.17, 15) is 9.90 Å². The van der Waals surface area contributed by atoms with Crippen LogP contribution in [0.1, 0.15) is 18.1 Å². The van der Waals surface area contributed by atoms with E-state index < -0.39 is 5.63 Å². The highest BCUT2D eigenvalue weighted by Gasteiger charge is 2.21. The number of aryl methyl sites for hydroxylation is 1. The molecule has 0 amide bonds.